The van der Waals surface area contributed by atoms with E-state index in [-0.39, 0.29) is 11.0 Å². The van der Waals surface area contributed by atoms with E-state index >= 15 is 0 Å². The maximum absolute atomic E-state index is 12.3. The van der Waals surface area contributed by atoms with Crippen molar-refractivity contribution >= 4 is 49.0 Å². The predicted octanol–water partition coefficient (Wildman–Crippen LogP) is 2.35. The number of anilines is 1. The van der Waals surface area contributed by atoms with Crippen molar-refractivity contribution in [1.82, 2.24) is 19.2 Å². The molecule has 11 heteroatoms. The van der Waals surface area contributed by atoms with Crippen molar-refractivity contribution in [1.29, 1.82) is 0 Å². The van der Waals surface area contributed by atoms with Gasteiger partial charge in [-0.25, -0.2) is 13.4 Å². The lowest BCUT2D eigenvalue weighted by Crippen LogP contribution is -2.48. The number of morpholine rings is 1. The Bertz CT molecular complexity index is 999. The number of hydrogen-bond acceptors (Lipinski definition) is 8. The lowest BCUT2D eigenvalue weighted by Gasteiger charge is -2.33. The molecular weight excluding hydrogens is 446 g/mol. The van der Waals surface area contributed by atoms with Crippen LogP contribution in [0.5, 0.6) is 0 Å². The maximum atomic E-state index is 12.3. The molecule has 4 rings (SSSR count). The van der Waals surface area contributed by atoms with Crippen LogP contribution in [0.4, 0.5) is 5.82 Å². The average Bonchev–Trinajstić information content (AvgIpc) is 3.04. The Balaban J connectivity index is 1.52. The predicted molar refractivity (Wildman–Crippen MR) is 121 cm³/mol. The summed E-state index contributed by atoms with van der Waals surface area (Å²) in [5.74, 6) is 1.12. The van der Waals surface area contributed by atoms with Gasteiger partial charge in [-0.1, -0.05) is 6.92 Å². The molecule has 0 bridgehead atoms. The second-order valence-corrected chi connectivity index (χ2v) is 11.3. The lowest BCUT2D eigenvalue weighted by molar-refractivity contribution is 0.122. The first kappa shape index (κ1) is 22.2. The fraction of sp³-hybridized carbons (Fsp3) is 0.684. The van der Waals surface area contributed by atoms with Gasteiger partial charge in [0.1, 0.15) is 0 Å². The van der Waals surface area contributed by atoms with Gasteiger partial charge in [-0.05, 0) is 30.5 Å². The summed E-state index contributed by atoms with van der Waals surface area (Å²) in [7, 11) is -3.12. The van der Waals surface area contributed by atoms with Gasteiger partial charge in [0.25, 0.3) is 0 Å². The van der Waals surface area contributed by atoms with Gasteiger partial charge in [-0.2, -0.15) is 9.29 Å². The molecule has 0 atom stereocenters. The Morgan fingerprint density at radius 3 is 2.47 bits per heavy atom. The molecular formula is C19H28ClN5O3S2. The molecule has 2 aliphatic heterocycles. The van der Waals surface area contributed by atoms with Crippen molar-refractivity contribution in [2.24, 2.45) is 0 Å². The van der Waals surface area contributed by atoms with Gasteiger partial charge in [0.05, 0.1) is 29.2 Å². The molecule has 4 heterocycles. The van der Waals surface area contributed by atoms with Crippen LogP contribution in [-0.2, 0) is 21.3 Å². The van der Waals surface area contributed by atoms with Crippen molar-refractivity contribution in [2.75, 3.05) is 63.1 Å². The summed E-state index contributed by atoms with van der Waals surface area (Å²) in [6, 6.07) is 0. The van der Waals surface area contributed by atoms with Gasteiger partial charge in [0.15, 0.2) is 5.82 Å². The lowest BCUT2D eigenvalue weighted by atomic mass is 10.2. The first-order valence-electron chi connectivity index (χ1n) is 10.4. The number of ether oxygens (including phenoxy) is 1. The largest absolute Gasteiger partial charge is 0.378 e. The third-order valence-corrected chi connectivity index (χ3v) is 9.19. The summed E-state index contributed by atoms with van der Waals surface area (Å²) in [5.41, 5.74) is 2.05. The van der Waals surface area contributed by atoms with Gasteiger partial charge < -0.3 is 9.64 Å². The Morgan fingerprint density at radius 1 is 1.10 bits per heavy atom. The van der Waals surface area contributed by atoms with Crippen LogP contribution in [0, 0.1) is 6.92 Å². The topological polar surface area (TPSA) is 78.9 Å². The van der Waals surface area contributed by atoms with E-state index in [9.17, 15) is 8.42 Å². The number of nitrogens with zero attached hydrogens (tertiary/aromatic N) is 5. The molecule has 0 amide bonds. The number of fused-ring (bicyclic) bond motifs is 1. The summed E-state index contributed by atoms with van der Waals surface area (Å²) < 4.78 is 32.8. The standard InChI is InChI=1S/C19H28ClN5O3S2/c1-3-12-30(26,27)25-6-4-23(5-7-25)13-15-14(2)16-17(29-15)18(22-19(20)21-16)24-8-10-28-11-9-24/h3-13H2,1-2H3. The minimum atomic E-state index is -3.12. The SMILES string of the molecule is CCCS(=O)(=O)N1CCN(Cc2sc3c(N4CCOCC4)nc(Cl)nc3c2C)CC1. The van der Waals surface area contributed by atoms with Crippen molar-refractivity contribution in [3.63, 3.8) is 0 Å². The van der Waals surface area contributed by atoms with E-state index in [0.29, 0.717) is 32.7 Å². The van der Waals surface area contributed by atoms with E-state index in [1.165, 1.54) is 4.88 Å². The molecule has 0 radical (unpaired) electrons. The molecule has 2 fully saturated rings. The highest BCUT2D eigenvalue weighted by Crippen LogP contribution is 2.37. The second-order valence-electron chi connectivity index (χ2n) is 7.73. The van der Waals surface area contributed by atoms with Crippen molar-refractivity contribution in [3.05, 3.63) is 15.7 Å². The quantitative estimate of drug-likeness (QED) is 0.596. The fourth-order valence-corrected chi connectivity index (χ4v) is 6.95. The van der Waals surface area contributed by atoms with Crippen LogP contribution in [0.15, 0.2) is 0 Å². The number of rotatable bonds is 6. The van der Waals surface area contributed by atoms with Crippen LogP contribution in [0.3, 0.4) is 0 Å². The smallest absolute Gasteiger partial charge is 0.224 e. The molecule has 2 aliphatic rings. The molecule has 2 aromatic heterocycles. The molecule has 0 N–H and O–H groups in total. The number of piperazine rings is 1. The average molecular weight is 474 g/mol. The van der Waals surface area contributed by atoms with Crippen LogP contribution in [0.2, 0.25) is 5.28 Å². The van der Waals surface area contributed by atoms with E-state index in [0.717, 1.165) is 54.3 Å². The molecule has 0 saturated carbocycles. The minimum absolute atomic E-state index is 0.228. The molecule has 0 aliphatic carbocycles. The van der Waals surface area contributed by atoms with Gasteiger partial charge in [-0.15, -0.1) is 11.3 Å². The highest BCUT2D eigenvalue weighted by Gasteiger charge is 2.27. The van der Waals surface area contributed by atoms with Gasteiger partial charge in [0.2, 0.25) is 15.3 Å². The first-order valence-corrected chi connectivity index (χ1v) is 13.2. The third-order valence-electron chi connectivity index (χ3n) is 5.68. The molecule has 0 spiro atoms. The van der Waals surface area contributed by atoms with Crippen molar-refractivity contribution in [2.45, 2.75) is 26.8 Å². The summed E-state index contributed by atoms with van der Waals surface area (Å²) in [4.78, 5) is 14.8. The Kier molecular flexibility index (Phi) is 6.81. The fourth-order valence-electron chi connectivity index (χ4n) is 3.99. The van der Waals surface area contributed by atoms with Crippen LogP contribution in [0.25, 0.3) is 10.2 Å². The third kappa shape index (κ3) is 4.58. The molecule has 166 valence electrons. The second kappa shape index (κ2) is 9.22. The van der Waals surface area contributed by atoms with Crippen LogP contribution in [0.1, 0.15) is 23.8 Å². The summed E-state index contributed by atoms with van der Waals surface area (Å²) in [6.07, 6.45) is 0.651. The van der Waals surface area contributed by atoms with Crippen molar-refractivity contribution < 1.29 is 13.2 Å². The highest BCUT2D eigenvalue weighted by atomic mass is 35.5. The molecule has 2 saturated heterocycles. The molecule has 0 unspecified atom stereocenters. The van der Waals surface area contributed by atoms with E-state index in [4.69, 9.17) is 16.3 Å². The van der Waals surface area contributed by atoms with E-state index in [1.54, 1.807) is 15.6 Å². The highest BCUT2D eigenvalue weighted by molar-refractivity contribution is 7.89. The van der Waals surface area contributed by atoms with Gasteiger partial charge in [-0.3, -0.25) is 4.90 Å². The molecule has 2 aromatic rings. The van der Waals surface area contributed by atoms with Gasteiger partial charge >= 0.3 is 0 Å². The van der Waals surface area contributed by atoms with E-state index < -0.39 is 10.0 Å². The Hall–Kier alpha value is -1.04. The zero-order valence-electron chi connectivity index (χ0n) is 17.4. The van der Waals surface area contributed by atoms with Crippen LogP contribution < -0.4 is 4.90 Å². The summed E-state index contributed by atoms with van der Waals surface area (Å²) in [6.45, 7) is 10.3. The number of hydrogen-bond donors (Lipinski definition) is 0. The number of halogens is 1. The zero-order chi connectivity index (χ0) is 21.3. The molecule has 0 aromatic carbocycles. The summed E-state index contributed by atoms with van der Waals surface area (Å²) >= 11 is 7.97. The number of sulfonamides is 1. The van der Waals surface area contributed by atoms with E-state index in [1.807, 2.05) is 6.92 Å². The van der Waals surface area contributed by atoms with Crippen LogP contribution in [-0.4, -0.2) is 85.8 Å². The normalized spacial score (nSPS) is 19.6. The Morgan fingerprint density at radius 2 is 1.80 bits per heavy atom. The summed E-state index contributed by atoms with van der Waals surface area (Å²) in [5, 5.41) is 0.270. The van der Waals surface area contributed by atoms with Gasteiger partial charge in [0, 0.05) is 50.7 Å². The molecule has 30 heavy (non-hydrogen) atoms. The number of aromatic nitrogens is 2. The van der Waals surface area contributed by atoms with E-state index in [2.05, 4.69) is 26.7 Å². The number of thiophene rings is 1. The van der Waals surface area contributed by atoms with Crippen molar-refractivity contribution in [3.8, 4) is 0 Å². The minimum Gasteiger partial charge on any atom is -0.378 e. The number of aryl methyl sites for hydroxylation is 1. The maximum Gasteiger partial charge on any atom is 0.224 e. The Labute approximate surface area is 186 Å². The first-order chi connectivity index (χ1) is 14.4. The van der Waals surface area contributed by atoms with Crippen LogP contribution >= 0.6 is 22.9 Å². The molecule has 8 nitrogen and oxygen atoms in total. The zero-order valence-corrected chi connectivity index (χ0v) is 19.8. The monoisotopic (exact) mass is 473 g/mol.